The highest BCUT2D eigenvalue weighted by atomic mass is 32.2. The van der Waals surface area contributed by atoms with Crippen molar-refractivity contribution < 1.29 is 8.42 Å². The maximum absolute atomic E-state index is 11.4. The zero-order chi connectivity index (χ0) is 12.3. The van der Waals surface area contributed by atoms with Crippen molar-refractivity contribution in [2.24, 2.45) is 5.73 Å². The topological polar surface area (TPSA) is 78.0 Å². The molecule has 1 rings (SSSR count). The standard InChI is InChI=1S/C10H19N3O2S/c1-4-16(14,15)6-5-13-9(3)10(7-12-13)8(2)11/h7-8H,4-6,11H2,1-3H3. The highest BCUT2D eigenvalue weighted by Crippen LogP contribution is 2.14. The molecule has 1 heterocycles. The molecule has 0 saturated carbocycles. The van der Waals surface area contributed by atoms with Crippen LogP contribution in [0.3, 0.4) is 0 Å². The number of sulfone groups is 1. The van der Waals surface area contributed by atoms with Gasteiger partial charge in [0.1, 0.15) is 0 Å². The lowest BCUT2D eigenvalue weighted by atomic mass is 10.1. The highest BCUT2D eigenvalue weighted by molar-refractivity contribution is 7.91. The first-order chi connectivity index (χ1) is 7.37. The van der Waals surface area contributed by atoms with Gasteiger partial charge in [-0.05, 0) is 13.8 Å². The van der Waals surface area contributed by atoms with Crippen LogP contribution in [0.1, 0.15) is 31.1 Å². The fourth-order valence-electron chi connectivity index (χ4n) is 1.50. The summed E-state index contributed by atoms with van der Waals surface area (Å²) in [7, 11) is -2.94. The molecule has 6 heteroatoms. The fraction of sp³-hybridized carbons (Fsp3) is 0.700. The summed E-state index contributed by atoms with van der Waals surface area (Å²) >= 11 is 0. The maximum atomic E-state index is 11.4. The normalized spacial score (nSPS) is 14.0. The van der Waals surface area contributed by atoms with Gasteiger partial charge in [-0.3, -0.25) is 4.68 Å². The molecule has 0 saturated heterocycles. The first kappa shape index (κ1) is 13.2. The summed E-state index contributed by atoms with van der Waals surface area (Å²) in [5.74, 6) is 0.303. The summed E-state index contributed by atoms with van der Waals surface area (Å²) in [5.41, 5.74) is 7.68. The molecule has 0 aliphatic carbocycles. The Morgan fingerprint density at radius 1 is 1.56 bits per heavy atom. The lowest BCUT2D eigenvalue weighted by molar-refractivity contribution is 0.578. The van der Waals surface area contributed by atoms with Crippen molar-refractivity contribution in [3.8, 4) is 0 Å². The Labute approximate surface area is 96.6 Å². The lowest BCUT2D eigenvalue weighted by Crippen LogP contribution is -2.16. The van der Waals surface area contributed by atoms with Gasteiger partial charge in [0.25, 0.3) is 0 Å². The van der Waals surface area contributed by atoms with Gasteiger partial charge in [-0.25, -0.2) is 8.42 Å². The minimum Gasteiger partial charge on any atom is -0.324 e. The second-order valence-electron chi connectivity index (χ2n) is 3.93. The van der Waals surface area contributed by atoms with E-state index in [9.17, 15) is 8.42 Å². The largest absolute Gasteiger partial charge is 0.324 e. The Kier molecular flexibility index (Phi) is 4.09. The molecule has 0 spiro atoms. The third-order valence-electron chi connectivity index (χ3n) is 2.69. The second-order valence-corrected chi connectivity index (χ2v) is 6.41. The number of nitrogens with two attached hydrogens (primary N) is 1. The molecule has 0 fully saturated rings. The van der Waals surface area contributed by atoms with Gasteiger partial charge in [-0.15, -0.1) is 0 Å². The maximum Gasteiger partial charge on any atom is 0.151 e. The quantitative estimate of drug-likeness (QED) is 0.826. The molecule has 1 atom stereocenters. The van der Waals surface area contributed by atoms with Crippen molar-refractivity contribution in [2.75, 3.05) is 11.5 Å². The number of nitrogens with zero attached hydrogens (tertiary/aromatic N) is 2. The van der Waals surface area contributed by atoms with E-state index in [0.717, 1.165) is 11.3 Å². The summed E-state index contributed by atoms with van der Waals surface area (Å²) in [6, 6.07) is -0.0727. The van der Waals surface area contributed by atoms with Crippen molar-refractivity contribution in [2.45, 2.75) is 33.4 Å². The zero-order valence-corrected chi connectivity index (χ0v) is 10.8. The summed E-state index contributed by atoms with van der Waals surface area (Å²) in [6.45, 7) is 5.84. The van der Waals surface area contributed by atoms with E-state index in [-0.39, 0.29) is 17.5 Å². The lowest BCUT2D eigenvalue weighted by Gasteiger charge is -2.07. The van der Waals surface area contributed by atoms with E-state index in [4.69, 9.17) is 5.73 Å². The average molecular weight is 245 g/mol. The molecule has 0 radical (unpaired) electrons. The monoisotopic (exact) mass is 245 g/mol. The van der Waals surface area contributed by atoms with E-state index in [1.54, 1.807) is 17.8 Å². The SMILES string of the molecule is CCS(=O)(=O)CCn1ncc(C(C)N)c1C. The van der Waals surface area contributed by atoms with Gasteiger partial charge in [-0.2, -0.15) is 5.10 Å². The Balaban J connectivity index is 2.76. The molecule has 0 amide bonds. The predicted octanol–water partition coefficient (Wildman–Crippen LogP) is 0.646. The van der Waals surface area contributed by atoms with Crippen molar-refractivity contribution in [3.63, 3.8) is 0 Å². The van der Waals surface area contributed by atoms with E-state index in [1.807, 2.05) is 13.8 Å². The smallest absolute Gasteiger partial charge is 0.151 e. The summed E-state index contributed by atoms with van der Waals surface area (Å²) in [6.07, 6.45) is 1.71. The number of hydrogen-bond donors (Lipinski definition) is 1. The third-order valence-corrected chi connectivity index (χ3v) is 4.37. The molecule has 5 nitrogen and oxygen atoms in total. The zero-order valence-electron chi connectivity index (χ0n) is 9.97. The van der Waals surface area contributed by atoms with Crippen LogP contribution in [0.15, 0.2) is 6.20 Å². The van der Waals surface area contributed by atoms with Crippen LogP contribution in [0.25, 0.3) is 0 Å². The number of aryl methyl sites for hydroxylation is 1. The van der Waals surface area contributed by atoms with Crippen LogP contribution < -0.4 is 5.73 Å². The number of hydrogen-bond acceptors (Lipinski definition) is 4. The van der Waals surface area contributed by atoms with E-state index in [2.05, 4.69) is 5.10 Å². The molecule has 0 aliphatic rings. The Morgan fingerprint density at radius 2 is 2.19 bits per heavy atom. The molecule has 1 aromatic heterocycles. The van der Waals surface area contributed by atoms with Crippen LogP contribution in [0.2, 0.25) is 0 Å². The van der Waals surface area contributed by atoms with Gasteiger partial charge >= 0.3 is 0 Å². The molecule has 1 unspecified atom stereocenters. The van der Waals surface area contributed by atoms with Crippen LogP contribution in [0.5, 0.6) is 0 Å². The van der Waals surface area contributed by atoms with E-state index in [1.165, 1.54) is 0 Å². The summed E-state index contributed by atoms with van der Waals surface area (Å²) < 4.78 is 24.4. The fourth-order valence-corrected chi connectivity index (χ4v) is 2.24. The van der Waals surface area contributed by atoms with Crippen LogP contribution in [0, 0.1) is 6.92 Å². The van der Waals surface area contributed by atoms with Crippen molar-refractivity contribution in [3.05, 3.63) is 17.5 Å². The molecule has 1 aromatic rings. The van der Waals surface area contributed by atoms with E-state index in [0.29, 0.717) is 6.54 Å². The van der Waals surface area contributed by atoms with Crippen molar-refractivity contribution in [1.82, 2.24) is 9.78 Å². The first-order valence-corrected chi connectivity index (χ1v) is 7.18. The van der Waals surface area contributed by atoms with Gasteiger partial charge in [0, 0.05) is 23.1 Å². The molecule has 0 aliphatic heterocycles. The third kappa shape index (κ3) is 3.05. The first-order valence-electron chi connectivity index (χ1n) is 5.35. The molecule has 16 heavy (non-hydrogen) atoms. The van der Waals surface area contributed by atoms with Crippen LogP contribution in [-0.2, 0) is 16.4 Å². The average Bonchev–Trinajstić information content (AvgIpc) is 2.57. The van der Waals surface area contributed by atoms with Crippen molar-refractivity contribution >= 4 is 9.84 Å². The molecule has 0 bridgehead atoms. The molecule has 2 N–H and O–H groups in total. The summed E-state index contributed by atoms with van der Waals surface area (Å²) in [4.78, 5) is 0. The minimum atomic E-state index is -2.94. The van der Waals surface area contributed by atoms with Crippen molar-refractivity contribution in [1.29, 1.82) is 0 Å². The van der Waals surface area contributed by atoms with E-state index >= 15 is 0 Å². The Bertz CT molecular complexity index is 449. The molecule has 0 aromatic carbocycles. The van der Waals surface area contributed by atoms with Crippen LogP contribution in [0.4, 0.5) is 0 Å². The highest BCUT2D eigenvalue weighted by Gasteiger charge is 2.12. The van der Waals surface area contributed by atoms with Crippen LogP contribution >= 0.6 is 0 Å². The number of rotatable bonds is 5. The molecule has 92 valence electrons. The van der Waals surface area contributed by atoms with Gasteiger partial charge < -0.3 is 5.73 Å². The minimum absolute atomic E-state index is 0.0727. The Hall–Kier alpha value is -0.880. The van der Waals surface area contributed by atoms with Gasteiger partial charge in [0.05, 0.1) is 18.5 Å². The summed E-state index contributed by atoms with van der Waals surface area (Å²) in [5, 5.41) is 4.15. The molecular weight excluding hydrogens is 226 g/mol. The van der Waals surface area contributed by atoms with Gasteiger partial charge in [0.15, 0.2) is 9.84 Å². The second kappa shape index (κ2) is 4.97. The molecular formula is C10H19N3O2S. The van der Waals surface area contributed by atoms with Crippen LogP contribution in [-0.4, -0.2) is 29.7 Å². The Morgan fingerprint density at radius 3 is 2.62 bits per heavy atom. The van der Waals surface area contributed by atoms with Gasteiger partial charge in [-0.1, -0.05) is 6.92 Å². The predicted molar refractivity (Wildman–Crippen MR) is 63.9 cm³/mol. The van der Waals surface area contributed by atoms with E-state index < -0.39 is 9.84 Å². The van der Waals surface area contributed by atoms with Gasteiger partial charge in [0.2, 0.25) is 0 Å². The number of aromatic nitrogens is 2.